The fourth-order valence-electron chi connectivity index (χ4n) is 1.52. The summed E-state index contributed by atoms with van der Waals surface area (Å²) in [6.45, 7) is 3.10. The summed E-state index contributed by atoms with van der Waals surface area (Å²) in [7, 11) is 0. The van der Waals surface area contributed by atoms with E-state index in [4.69, 9.17) is 5.73 Å². The lowest BCUT2D eigenvalue weighted by Gasteiger charge is -2.06. The summed E-state index contributed by atoms with van der Waals surface area (Å²) in [5, 5.41) is 8.04. The molecule has 2 aromatic heterocycles. The molecule has 90 valence electrons. The van der Waals surface area contributed by atoms with E-state index in [0.29, 0.717) is 11.6 Å². The van der Waals surface area contributed by atoms with Gasteiger partial charge in [0.1, 0.15) is 24.5 Å². The number of rotatable bonds is 4. The first kappa shape index (κ1) is 11.3. The molecule has 0 fully saturated rings. The van der Waals surface area contributed by atoms with E-state index >= 15 is 0 Å². The number of nitrogens with two attached hydrogens (primary N) is 1. The predicted molar refractivity (Wildman–Crippen MR) is 62.3 cm³/mol. The maximum absolute atomic E-state index is 11.6. The largest absolute Gasteiger partial charge is 0.382 e. The van der Waals surface area contributed by atoms with Crippen molar-refractivity contribution >= 4 is 5.82 Å². The Kier molecular flexibility index (Phi) is 3.17. The predicted octanol–water partition coefficient (Wildman–Crippen LogP) is -0.125. The van der Waals surface area contributed by atoms with Crippen molar-refractivity contribution < 1.29 is 0 Å². The Morgan fingerprint density at radius 2 is 2.18 bits per heavy atom. The molecule has 2 rings (SSSR count). The van der Waals surface area contributed by atoms with Gasteiger partial charge in [-0.25, -0.2) is 14.3 Å². The van der Waals surface area contributed by atoms with E-state index < -0.39 is 0 Å². The highest BCUT2D eigenvalue weighted by Gasteiger charge is 2.06. The molecule has 0 aliphatic heterocycles. The molecule has 0 aromatic carbocycles. The second-order valence-corrected chi connectivity index (χ2v) is 3.65. The molecule has 2 aromatic rings. The summed E-state index contributed by atoms with van der Waals surface area (Å²) in [6, 6.07) is 2.87. The Bertz CT molecular complexity index is 558. The molecule has 2 heterocycles. The van der Waals surface area contributed by atoms with E-state index in [9.17, 15) is 4.79 Å². The van der Waals surface area contributed by atoms with Crippen LogP contribution in [0.2, 0.25) is 0 Å². The smallest absolute Gasteiger partial charge is 0.267 e. The van der Waals surface area contributed by atoms with Gasteiger partial charge in [-0.1, -0.05) is 6.92 Å². The fourth-order valence-corrected chi connectivity index (χ4v) is 1.52. The van der Waals surface area contributed by atoms with Gasteiger partial charge in [0.25, 0.3) is 5.56 Å². The first-order valence-corrected chi connectivity index (χ1v) is 5.41. The maximum Gasteiger partial charge on any atom is 0.267 e. The number of nitrogens with zero attached hydrogens (tertiary/aromatic N) is 5. The average molecular weight is 234 g/mol. The summed E-state index contributed by atoms with van der Waals surface area (Å²) in [6.07, 6.45) is 2.43. The summed E-state index contributed by atoms with van der Waals surface area (Å²) >= 11 is 0. The Morgan fingerprint density at radius 3 is 2.94 bits per heavy atom. The zero-order valence-electron chi connectivity index (χ0n) is 9.58. The number of aromatic nitrogens is 5. The quantitative estimate of drug-likeness (QED) is 0.796. The highest BCUT2D eigenvalue weighted by atomic mass is 16.1. The van der Waals surface area contributed by atoms with Crippen molar-refractivity contribution in [3.63, 3.8) is 0 Å². The molecule has 0 aliphatic carbocycles. The Morgan fingerprint density at radius 1 is 1.35 bits per heavy atom. The normalized spacial score (nSPS) is 10.6. The van der Waals surface area contributed by atoms with Crippen LogP contribution in [0.25, 0.3) is 0 Å². The molecule has 7 heteroatoms. The third kappa shape index (κ3) is 2.49. The standard InChI is InChI=1S/C10H14N6O/c1-2-5-15-9(12-7-13-15)6-16-10(17)4-3-8(11)14-16/h3-4,7H,2,5-6H2,1H3,(H2,11,14). The second-order valence-electron chi connectivity index (χ2n) is 3.65. The van der Waals surface area contributed by atoms with Crippen LogP contribution in [0.15, 0.2) is 23.3 Å². The molecule has 0 bridgehead atoms. The number of hydrogen-bond acceptors (Lipinski definition) is 5. The van der Waals surface area contributed by atoms with E-state index in [0.717, 1.165) is 13.0 Å². The van der Waals surface area contributed by atoms with Crippen LogP contribution in [0, 0.1) is 0 Å². The van der Waals surface area contributed by atoms with Gasteiger partial charge >= 0.3 is 0 Å². The molecular formula is C10H14N6O. The molecule has 2 N–H and O–H groups in total. The van der Waals surface area contributed by atoms with Crippen molar-refractivity contribution in [2.24, 2.45) is 0 Å². The minimum absolute atomic E-state index is 0.203. The molecule has 0 atom stereocenters. The van der Waals surface area contributed by atoms with E-state index in [2.05, 4.69) is 22.1 Å². The Hall–Kier alpha value is -2.18. The number of aryl methyl sites for hydroxylation is 1. The van der Waals surface area contributed by atoms with Crippen molar-refractivity contribution in [1.29, 1.82) is 0 Å². The topological polar surface area (TPSA) is 91.6 Å². The number of anilines is 1. The van der Waals surface area contributed by atoms with Crippen molar-refractivity contribution in [2.75, 3.05) is 5.73 Å². The van der Waals surface area contributed by atoms with Crippen LogP contribution in [0.4, 0.5) is 5.82 Å². The molecule has 0 saturated carbocycles. The van der Waals surface area contributed by atoms with E-state index in [1.807, 2.05) is 0 Å². The van der Waals surface area contributed by atoms with Gasteiger partial charge in [0, 0.05) is 12.6 Å². The van der Waals surface area contributed by atoms with Gasteiger partial charge in [0.2, 0.25) is 0 Å². The zero-order valence-corrected chi connectivity index (χ0v) is 9.58. The third-order valence-corrected chi connectivity index (χ3v) is 2.31. The van der Waals surface area contributed by atoms with Crippen molar-refractivity contribution in [2.45, 2.75) is 26.4 Å². The van der Waals surface area contributed by atoms with Gasteiger partial charge in [0.05, 0.1) is 0 Å². The first-order chi connectivity index (χ1) is 8.20. The third-order valence-electron chi connectivity index (χ3n) is 2.31. The minimum Gasteiger partial charge on any atom is -0.382 e. The number of nitrogen functional groups attached to an aromatic ring is 1. The van der Waals surface area contributed by atoms with Gasteiger partial charge in [-0.15, -0.1) is 0 Å². The fraction of sp³-hybridized carbons (Fsp3) is 0.400. The van der Waals surface area contributed by atoms with Crippen molar-refractivity contribution in [3.8, 4) is 0 Å². The van der Waals surface area contributed by atoms with Crippen LogP contribution >= 0.6 is 0 Å². The molecule has 0 aliphatic rings. The van der Waals surface area contributed by atoms with Gasteiger partial charge in [-0.2, -0.15) is 10.2 Å². The molecular weight excluding hydrogens is 220 g/mol. The minimum atomic E-state index is -0.203. The van der Waals surface area contributed by atoms with E-state index in [-0.39, 0.29) is 12.1 Å². The van der Waals surface area contributed by atoms with Gasteiger partial charge < -0.3 is 5.73 Å². The second kappa shape index (κ2) is 4.77. The van der Waals surface area contributed by atoms with Gasteiger partial charge in [-0.05, 0) is 12.5 Å². The number of hydrogen-bond donors (Lipinski definition) is 1. The highest BCUT2D eigenvalue weighted by Crippen LogP contribution is 1.98. The highest BCUT2D eigenvalue weighted by molar-refractivity contribution is 5.23. The first-order valence-electron chi connectivity index (χ1n) is 5.41. The summed E-state index contributed by atoms with van der Waals surface area (Å²) in [4.78, 5) is 15.7. The van der Waals surface area contributed by atoms with Crippen LogP contribution < -0.4 is 11.3 Å². The Balaban J connectivity index is 2.28. The monoisotopic (exact) mass is 234 g/mol. The van der Waals surface area contributed by atoms with Crippen molar-refractivity contribution in [3.05, 3.63) is 34.6 Å². The summed E-state index contributed by atoms with van der Waals surface area (Å²) < 4.78 is 3.04. The van der Waals surface area contributed by atoms with Crippen LogP contribution in [-0.4, -0.2) is 24.5 Å². The lowest BCUT2D eigenvalue weighted by Crippen LogP contribution is -2.25. The lowest BCUT2D eigenvalue weighted by molar-refractivity contribution is 0.529. The van der Waals surface area contributed by atoms with Gasteiger partial charge in [-0.3, -0.25) is 4.79 Å². The molecule has 0 radical (unpaired) electrons. The molecule has 0 saturated heterocycles. The Labute approximate surface area is 97.9 Å². The summed E-state index contributed by atoms with van der Waals surface area (Å²) in [5.41, 5.74) is 5.34. The van der Waals surface area contributed by atoms with Gasteiger partial charge in [0.15, 0.2) is 0 Å². The van der Waals surface area contributed by atoms with Crippen LogP contribution in [0.5, 0.6) is 0 Å². The molecule has 0 spiro atoms. The van der Waals surface area contributed by atoms with E-state index in [1.54, 1.807) is 4.68 Å². The van der Waals surface area contributed by atoms with Crippen LogP contribution in [-0.2, 0) is 13.1 Å². The molecule has 17 heavy (non-hydrogen) atoms. The molecule has 0 amide bonds. The SMILES string of the molecule is CCCn1ncnc1Cn1nc(N)ccc1=O. The van der Waals surface area contributed by atoms with Crippen LogP contribution in [0.3, 0.4) is 0 Å². The maximum atomic E-state index is 11.6. The molecule has 7 nitrogen and oxygen atoms in total. The van der Waals surface area contributed by atoms with E-state index in [1.165, 1.54) is 23.1 Å². The molecule has 0 unspecified atom stereocenters. The zero-order chi connectivity index (χ0) is 12.3. The van der Waals surface area contributed by atoms with Crippen LogP contribution in [0.1, 0.15) is 19.2 Å². The van der Waals surface area contributed by atoms with Crippen molar-refractivity contribution in [1.82, 2.24) is 24.5 Å². The lowest BCUT2D eigenvalue weighted by atomic mass is 10.4. The average Bonchev–Trinajstić information content (AvgIpc) is 2.72. The summed E-state index contributed by atoms with van der Waals surface area (Å²) in [5.74, 6) is 1.01.